The summed E-state index contributed by atoms with van der Waals surface area (Å²) in [6.45, 7) is 7.61. The molecule has 0 unspecified atom stereocenters. The van der Waals surface area contributed by atoms with Crippen LogP contribution >= 0.6 is 11.3 Å². The van der Waals surface area contributed by atoms with Crippen LogP contribution in [0.4, 0.5) is 5.13 Å². The van der Waals surface area contributed by atoms with Crippen LogP contribution in [0.5, 0.6) is 0 Å². The summed E-state index contributed by atoms with van der Waals surface area (Å²) in [4.78, 5) is 15.5. The first-order valence-corrected chi connectivity index (χ1v) is 5.62. The second kappa shape index (κ2) is 4.61. The molecular weight excluding hydrogens is 212 g/mol. The van der Waals surface area contributed by atoms with Gasteiger partial charge >= 0.3 is 5.97 Å². The Hall–Kier alpha value is -1.10. The fraction of sp³-hybridized carbons (Fsp3) is 0.600. The molecule has 0 aliphatic carbocycles. The van der Waals surface area contributed by atoms with Crippen molar-refractivity contribution in [3.8, 4) is 0 Å². The van der Waals surface area contributed by atoms with Gasteiger partial charge in [0, 0.05) is 5.38 Å². The summed E-state index contributed by atoms with van der Waals surface area (Å²) in [6.07, 6.45) is 0. The van der Waals surface area contributed by atoms with Crippen molar-refractivity contribution in [2.45, 2.75) is 33.3 Å². The third kappa shape index (κ3) is 4.78. The number of carbonyl (C=O) groups is 1. The lowest BCUT2D eigenvalue weighted by molar-refractivity contribution is -0.152. The number of hydrogen-bond acceptors (Lipinski definition) is 5. The van der Waals surface area contributed by atoms with Gasteiger partial charge in [-0.2, -0.15) is 0 Å². The van der Waals surface area contributed by atoms with Gasteiger partial charge in [-0.25, -0.2) is 4.98 Å². The van der Waals surface area contributed by atoms with Crippen molar-refractivity contribution in [3.63, 3.8) is 0 Å². The molecule has 0 saturated carbocycles. The van der Waals surface area contributed by atoms with Crippen LogP contribution in [0.25, 0.3) is 0 Å². The van der Waals surface area contributed by atoms with Crippen molar-refractivity contribution in [2.75, 3.05) is 11.9 Å². The molecule has 1 heterocycles. The molecule has 0 aliphatic rings. The zero-order valence-electron chi connectivity index (χ0n) is 9.46. The summed E-state index contributed by atoms with van der Waals surface area (Å²) in [7, 11) is 0. The maximum Gasteiger partial charge on any atom is 0.325 e. The summed E-state index contributed by atoms with van der Waals surface area (Å²) >= 11 is 1.48. The molecule has 0 atom stereocenters. The number of aryl methyl sites for hydroxylation is 1. The highest BCUT2D eigenvalue weighted by Crippen LogP contribution is 2.14. The highest BCUT2D eigenvalue weighted by atomic mass is 32.1. The van der Waals surface area contributed by atoms with E-state index >= 15 is 0 Å². The molecule has 1 aromatic rings. The number of ether oxygens (including phenoxy) is 1. The van der Waals surface area contributed by atoms with E-state index in [9.17, 15) is 4.79 Å². The molecule has 0 amide bonds. The average Bonchev–Trinajstić information content (AvgIpc) is 2.45. The number of rotatable bonds is 3. The molecular formula is C10H16N2O2S. The molecule has 0 aromatic carbocycles. The number of nitrogens with zero attached hydrogens (tertiary/aromatic N) is 1. The van der Waals surface area contributed by atoms with Crippen molar-refractivity contribution in [1.29, 1.82) is 0 Å². The summed E-state index contributed by atoms with van der Waals surface area (Å²) in [5.74, 6) is -0.268. The highest BCUT2D eigenvalue weighted by molar-refractivity contribution is 7.13. The lowest BCUT2D eigenvalue weighted by atomic mass is 10.2. The number of esters is 1. The Bertz CT molecular complexity index is 341. The topological polar surface area (TPSA) is 51.2 Å². The van der Waals surface area contributed by atoms with Crippen molar-refractivity contribution in [1.82, 2.24) is 4.98 Å². The lowest BCUT2D eigenvalue weighted by Gasteiger charge is -2.19. The normalized spacial score (nSPS) is 11.2. The molecule has 0 spiro atoms. The van der Waals surface area contributed by atoms with Crippen molar-refractivity contribution < 1.29 is 9.53 Å². The van der Waals surface area contributed by atoms with Crippen molar-refractivity contribution in [2.24, 2.45) is 0 Å². The van der Waals surface area contributed by atoms with Gasteiger partial charge in [0.05, 0.1) is 5.69 Å². The zero-order valence-corrected chi connectivity index (χ0v) is 10.3. The minimum atomic E-state index is -0.433. The predicted molar refractivity (Wildman–Crippen MR) is 61.2 cm³/mol. The molecule has 1 N–H and O–H groups in total. The maximum absolute atomic E-state index is 11.3. The van der Waals surface area contributed by atoms with Gasteiger partial charge in [0.15, 0.2) is 5.13 Å². The fourth-order valence-corrected chi connectivity index (χ4v) is 1.65. The average molecular weight is 228 g/mol. The molecule has 0 bridgehead atoms. The summed E-state index contributed by atoms with van der Waals surface area (Å²) in [5.41, 5.74) is 0.518. The Labute approximate surface area is 93.7 Å². The van der Waals surface area contributed by atoms with Crippen LogP contribution in [0.3, 0.4) is 0 Å². The number of anilines is 1. The molecule has 5 heteroatoms. The van der Waals surface area contributed by atoms with Gasteiger partial charge in [-0.15, -0.1) is 11.3 Å². The minimum absolute atomic E-state index is 0.157. The first kappa shape index (κ1) is 12.0. The molecule has 15 heavy (non-hydrogen) atoms. The van der Waals surface area contributed by atoms with Gasteiger partial charge < -0.3 is 10.1 Å². The molecule has 0 aliphatic heterocycles. The molecule has 1 aromatic heterocycles. The largest absolute Gasteiger partial charge is 0.459 e. The summed E-state index contributed by atoms with van der Waals surface area (Å²) in [5, 5.41) is 5.60. The van der Waals surface area contributed by atoms with E-state index in [1.165, 1.54) is 11.3 Å². The molecule has 1 rings (SSSR count). The summed E-state index contributed by atoms with van der Waals surface area (Å²) < 4.78 is 5.14. The van der Waals surface area contributed by atoms with Gasteiger partial charge in [-0.3, -0.25) is 4.79 Å². The van der Waals surface area contributed by atoms with E-state index in [2.05, 4.69) is 10.3 Å². The molecule has 0 fully saturated rings. The number of hydrogen-bond donors (Lipinski definition) is 1. The number of carbonyl (C=O) groups excluding carboxylic acids is 1. The highest BCUT2D eigenvalue weighted by Gasteiger charge is 2.15. The first-order chi connectivity index (χ1) is 6.87. The third-order valence-electron chi connectivity index (χ3n) is 1.42. The molecule has 0 saturated heterocycles. The summed E-state index contributed by atoms with van der Waals surface area (Å²) in [6, 6.07) is 0. The van der Waals surface area contributed by atoms with Crippen molar-refractivity contribution in [3.05, 3.63) is 11.1 Å². The van der Waals surface area contributed by atoms with E-state index in [-0.39, 0.29) is 12.5 Å². The molecule has 84 valence electrons. The van der Waals surface area contributed by atoms with Gasteiger partial charge in [0.25, 0.3) is 0 Å². The smallest absolute Gasteiger partial charge is 0.325 e. The Morgan fingerprint density at radius 3 is 2.73 bits per heavy atom. The fourth-order valence-electron chi connectivity index (χ4n) is 0.961. The molecule has 4 nitrogen and oxygen atoms in total. The van der Waals surface area contributed by atoms with E-state index in [0.717, 1.165) is 10.8 Å². The Morgan fingerprint density at radius 1 is 1.60 bits per heavy atom. The number of aromatic nitrogens is 1. The standard InChI is InChI=1S/C10H16N2O2S/c1-7-6-15-9(12-7)11-5-8(13)14-10(2,3)4/h6H,5H2,1-4H3,(H,11,12). The van der Waals surface area contributed by atoms with Gasteiger partial charge in [0.2, 0.25) is 0 Å². The SMILES string of the molecule is Cc1csc(NCC(=O)OC(C)(C)C)n1. The second-order valence-electron chi connectivity index (χ2n) is 4.23. The lowest BCUT2D eigenvalue weighted by Crippen LogP contribution is -2.28. The van der Waals surface area contributed by atoms with Crippen LogP contribution in [0.2, 0.25) is 0 Å². The van der Waals surface area contributed by atoms with Crippen LogP contribution in [-0.2, 0) is 9.53 Å². The van der Waals surface area contributed by atoms with E-state index in [1.54, 1.807) is 0 Å². The minimum Gasteiger partial charge on any atom is -0.459 e. The van der Waals surface area contributed by atoms with Crippen LogP contribution in [0, 0.1) is 6.92 Å². The van der Waals surface area contributed by atoms with E-state index in [4.69, 9.17) is 4.74 Å². The maximum atomic E-state index is 11.3. The van der Waals surface area contributed by atoms with E-state index < -0.39 is 5.60 Å². The monoisotopic (exact) mass is 228 g/mol. The molecule has 0 radical (unpaired) electrons. The first-order valence-electron chi connectivity index (χ1n) is 4.75. The van der Waals surface area contributed by atoms with E-state index in [0.29, 0.717) is 0 Å². The Morgan fingerprint density at radius 2 is 2.27 bits per heavy atom. The van der Waals surface area contributed by atoms with Crippen molar-refractivity contribution >= 4 is 22.4 Å². The van der Waals surface area contributed by atoms with Gasteiger partial charge in [-0.05, 0) is 27.7 Å². The third-order valence-corrected chi connectivity index (χ3v) is 2.34. The predicted octanol–water partition coefficient (Wildman–Crippen LogP) is 2.21. The van der Waals surface area contributed by atoms with Crippen LogP contribution < -0.4 is 5.32 Å². The number of thiazole rings is 1. The van der Waals surface area contributed by atoms with Crippen LogP contribution in [-0.4, -0.2) is 23.1 Å². The van der Waals surface area contributed by atoms with Gasteiger partial charge in [0.1, 0.15) is 12.1 Å². The second-order valence-corrected chi connectivity index (χ2v) is 5.09. The Balaban J connectivity index is 2.35. The number of nitrogens with one attached hydrogen (secondary N) is 1. The van der Waals surface area contributed by atoms with E-state index in [1.807, 2.05) is 33.1 Å². The Kier molecular flexibility index (Phi) is 3.68. The van der Waals surface area contributed by atoms with Gasteiger partial charge in [-0.1, -0.05) is 0 Å². The quantitative estimate of drug-likeness (QED) is 0.806. The zero-order chi connectivity index (χ0) is 11.5. The van der Waals surface area contributed by atoms with Crippen LogP contribution in [0.1, 0.15) is 26.5 Å². The van der Waals surface area contributed by atoms with Crippen LogP contribution in [0.15, 0.2) is 5.38 Å².